The summed E-state index contributed by atoms with van der Waals surface area (Å²) in [6, 6.07) is 15.4. The molecule has 4 heteroatoms. The van der Waals surface area contributed by atoms with Crippen LogP contribution in [0.2, 0.25) is 0 Å². The maximum absolute atomic E-state index is 10.1. The Morgan fingerprint density at radius 1 is 0.969 bits per heavy atom. The zero-order valence-corrected chi connectivity index (χ0v) is 20.2. The van der Waals surface area contributed by atoms with Gasteiger partial charge in [-0.25, -0.2) is 0 Å². The van der Waals surface area contributed by atoms with E-state index >= 15 is 0 Å². The van der Waals surface area contributed by atoms with Crippen molar-refractivity contribution < 1.29 is 5.11 Å². The van der Waals surface area contributed by atoms with Crippen molar-refractivity contribution in [2.45, 2.75) is 70.8 Å². The Hall–Kier alpha value is -2.04. The normalized spacial score (nSPS) is 15.7. The number of fused-ring (bicyclic) bond motifs is 1. The Kier molecular flexibility index (Phi) is 10.4. The highest BCUT2D eigenvalue weighted by Crippen LogP contribution is 2.35. The second-order valence-corrected chi connectivity index (χ2v) is 9.18. The van der Waals surface area contributed by atoms with Crippen LogP contribution in [0.4, 0.5) is 5.69 Å². The van der Waals surface area contributed by atoms with Crippen LogP contribution in [0.25, 0.3) is 0 Å². The first kappa shape index (κ1) is 24.6. The number of anilines is 1. The van der Waals surface area contributed by atoms with Gasteiger partial charge in [0.1, 0.15) is 5.75 Å². The summed E-state index contributed by atoms with van der Waals surface area (Å²) in [5, 5.41) is 16.9. The third-order valence-corrected chi connectivity index (χ3v) is 6.83. The molecule has 0 amide bonds. The van der Waals surface area contributed by atoms with Crippen LogP contribution in [0, 0.1) is 0 Å². The summed E-state index contributed by atoms with van der Waals surface area (Å²) >= 11 is 0. The quantitative estimate of drug-likeness (QED) is 0.274. The first-order valence-electron chi connectivity index (χ1n) is 12.7. The number of aromatic hydroxyl groups is 1. The Balaban J connectivity index is 1.33. The Morgan fingerprint density at radius 3 is 2.56 bits per heavy atom. The van der Waals surface area contributed by atoms with Crippen molar-refractivity contribution in [3.05, 3.63) is 59.2 Å². The average molecular weight is 438 g/mol. The molecule has 0 fully saturated rings. The maximum Gasteiger partial charge on any atom is 0.138 e. The molecule has 176 valence electrons. The standard InChI is InChI=1S/C28H43N3O/c1-3-20-31(25-14-15-26-24(22-25)13-16-27(32)28(26)29-2)21-10-5-4-9-18-30-19-17-23-11-7-6-8-12-23/h6-8,11-13,16,25,29-30,32H,3-5,9-10,14-15,17-22H2,1-2H3. The first-order chi connectivity index (χ1) is 15.7. The van der Waals surface area contributed by atoms with Crippen LogP contribution < -0.4 is 10.6 Å². The van der Waals surface area contributed by atoms with E-state index in [0.29, 0.717) is 11.8 Å². The Bertz CT molecular complexity index is 793. The van der Waals surface area contributed by atoms with Crippen molar-refractivity contribution in [1.29, 1.82) is 0 Å². The van der Waals surface area contributed by atoms with E-state index in [-0.39, 0.29) is 0 Å². The molecule has 1 unspecified atom stereocenters. The Labute approximate surface area is 195 Å². The van der Waals surface area contributed by atoms with Crippen molar-refractivity contribution in [1.82, 2.24) is 10.2 Å². The van der Waals surface area contributed by atoms with Crippen LogP contribution >= 0.6 is 0 Å². The van der Waals surface area contributed by atoms with Crippen LogP contribution in [-0.2, 0) is 19.3 Å². The largest absolute Gasteiger partial charge is 0.506 e. The minimum Gasteiger partial charge on any atom is -0.506 e. The predicted molar refractivity (Wildman–Crippen MR) is 137 cm³/mol. The van der Waals surface area contributed by atoms with E-state index in [1.165, 1.54) is 68.3 Å². The second kappa shape index (κ2) is 13.5. The van der Waals surface area contributed by atoms with Gasteiger partial charge in [0.25, 0.3) is 0 Å². The molecule has 4 nitrogen and oxygen atoms in total. The monoisotopic (exact) mass is 437 g/mol. The molecule has 0 saturated carbocycles. The number of hydrogen-bond acceptors (Lipinski definition) is 4. The fourth-order valence-corrected chi connectivity index (χ4v) is 5.10. The zero-order chi connectivity index (χ0) is 22.6. The summed E-state index contributed by atoms with van der Waals surface area (Å²) in [5.41, 5.74) is 5.08. The lowest BCUT2D eigenvalue weighted by molar-refractivity contribution is 0.176. The van der Waals surface area contributed by atoms with Gasteiger partial charge in [-0.15, -0.1) is 0 Å². The molecule has 0 saturated heterocycles. The van der Waals surface area contributed by atoms with Gasteiger partial charge < -0.3 is 20.6 Å². The Morgan fingerprint density at radius 2 is 1.78 bits per heavy atom. The topological polar surface area (TPSA) is 47.5 Å². The summed E-state index contributed by atoms with van der Waals surface area (Å²) < 4.78 is 0. The van der Waals surface area contributed by atoms with E-state index in [2.05, 4.69) is 58.9 Å². The molecular formula is C28H43N3O. The molecule has 2 aromatic rings. The van der Waals surface area contributed by atoms with Gasteiger partial charge in [0, 0.05) is 13.1 Å². The van der Waals surface area contributed by atoms with E-state index in [4.69, 9.17) is 0 Å². The highest BCUT2D eigenvalue weighted by atomic mass is 16.3. The first-order valence-corrected chi connectivity index (χ1v) is 12.7. The van der Waals surface area contributed by atoms with Crippen LogP contribution in [0.3, 0.4) is 0 Å². The third kappa shape index (κ3) is 7.25. The molecule has 2 aromatic carbocycles. The van der Waals surface area contributed by atoms with Gasteiger partial charge in [-0.1, -0.05) is 56.2 Å². The molecule has 1 aliphatic carbocycles. The maximum atomic E-state index is 10.1. The number of hydrogen-bond donors (Lipinski definition) is 3. The van der Waals surface area contributed by atoms with E-state index in [9.17, 15) is 5.11 Å². The number of rotatable bonds is 14. The van der Waals surface area contributed by atoms with Crippen molar-refractivity contribution >= 4 is 5.69 Å². The molecule has 3 N–H and O–H groups in total. The van der Waals surface area contributed by atoms with Crippen LogP contribution in [0.5, 0.6) is 5.75 Å². The molecule has 32 heavy (non-hydrogen) atoms. The minimum atomic E-state index is 0.379. The van der Waals surface area contributed by atoms with Gasteiger partial charge >= 0.3 is 0 Å². The smallest absolute Gasteiger partial charge is 0.138 e. The fourth-order valence-electron chi connectivity index (χ4n) is 5.10. The van der Waals surface area contributed by atoms with E-state index in [1.807, 2.05) is 13.1 Å². The van der Waals surface area contributed by atoms with Crippen molar-refractivity contribution in [2.24, 2.45) is 0 Å². The number of nitrogens with one attached hydrogen (secondary N) is 2. The molecule has 0 aromatic heterocycles. The molecule has 0 radical (unpaired) electrons. The predicted octanol–water partition coefficient (Wildman–Crippen LogP) is 5.40. The minimum absolute atomic E-state index is 0.379. The number of nitrogens with zero attached hydrogens (tertiary/aromatic N) is 1. The molecule has 1 aliphatic rings. The SMILES string of the molecule is CCCN(CCCCCCNCCc1ccccc1)C1CCc2c(ccc(O)c2NC)C1. The lowest BCUT2D eigenvalue weighted by atomic mass is 9.86. The summed E-state index contributed by atoms with van der Waals surface area (Å²) in [6.07, 6.45) is 10.9. The lowest BCUT2D eigenvalue weighted by Crippen LogP contribution is -2.40. The zero-order valence-electron chi connectivity index (χ0n) is 20.2. The van der Waals surface area contributed by atoms with Crippen molar-refractivity contribution in [3.8, 4) is 5.75 Å². The van der Waals surface area contributed by atoms with Gasteiger partial charge in [0.2, 0.25) is 0 Å². The van der Waals surface area contributed by atoms with Gasteiger partial charge in [0.15, 0.2) is 0 Å². The highest BCUT2D eigenvalue weighted by Gasteiger charge is 2.26. The number of phenols is 1. The van der Waals surface area contributed by atoms with E-state index in [0.717, 1.165) is 38.0 Å². The van der Waals surface area contributed by atoms with Crippen LogP contribution in [0.15, 0.2) is 42.5 Å². The van der Waals surface area contributed by atoms with Gasteiger partial charge in [0.05, 0.1) is 5.69 Å². The van der Waals surface area contributed by atoms with E-state index < -0.39 is 0 Å². The molecule has 0 bridgehead atoms. The van der Waals surface area contributed by atoms with Crippen molar-refractivity contribution in [3.63, 3.8) is 0 Å². The molecule has 1 atom stereocenters. The summed E-state index contributed by atoms with van der Waals surface area (Å²) in [7, 11) is 1.91. The number of phenolic OH excluding ortho intramolecular Hbond substituents is 1. The third-order valence-electron chi connectivity index (χ3n) is 6.83. The molecular weight excluding hydrogens is 394 g/mol. The highest BCUT2D eigenvalue weighted by molar-refractivity contribution is 5.64. The van der Waals surface area contributed by atoms with E-state index in [1.54, 1.807) is 0 Å². The summed E-state index contributed by atoms with van der Waals surface area (Å²) in [6.45, 7) is 6.91. The number of benzene rings is 2. The number of unbranched alkanes of at least 4 members (excludes halogenated alkanes) is 3. The molecule has 3 rings (SSSR count). The molecule has 0 aliphatic heterocycles. The average Bonchev–Trinajstić information content (AvgIpc) is 2.82. The van der Waals surface area contributed by atoms with Crippen LogP contribution in [0.1, 0.15) is 62.1 Å². The van der Waals surface area contributed by atoms with Gasteiger partial charge in [-0.3, -0.25) is 0 Å². The summed E-state index contributed by atoms with van der Waals surface area (Å²) in [4.78, 5) is 2.73. The van der Waals surface area contributed by atoms with Gasteiger partial charge in [-0.05, 0) is 93.9 Å². The molecule has 0 heterocycles. The lowest BCUT2D eigenvalue weighted by Gasteiger charge is -2.36. The van der Waals surface area contributed by atoms with Crippen LogP contribution in [-0.4, -0.2) is 49.3 Å². The van der Waals surface area contributed by atoms with Crippen molar-refractivity contribution in [2.75, 3.05) is 38.5 Å². The summed E-state index contributed by atoms with van der Waals surface area (Å²) in [5.74, 6) is 0.379. The van der Waals surface area contributed by atoms with Gasteiger partial charge in [-0.2, -0.15) is 0 Å². The second-order valence-electron chi connectivity index (χ2n) is 9.18. The fraction of sp³-hybridized carbons (Fsp3) is 0.571. The molecule has 0 spiro atoms.